The van der Waals surface area contributed by atoms with Gasteiger partial charge in [0.2, 0.25) is 0 Å². The average Bonchev–Trinajstić information content (AvgIpc) is 2.73. The number of nitro groups is 1. The SMILES string of the molecule is COc1ccc(C2(CNc3cc(OC)c(F)cc3[N+](=O)[O-])CCOCC2)cc1. The van der Waals surface area contributed by atoms with Crippen LogP contribution in [0.3, 0.4) is 0 Å². The molecule has 1 fully saturated rings. The van der Waals surface area contributed by atoms with E-state index in [2.05, 4.69) is 5.32 Å². The molecule has 0 unspecified atom stereocenters. The van der Waals surface area contributed by atoms with Crippen molar-refractivity contribution in [2.45, 2.75) is 18.3 Å². The molecule has 2 aromatic carbocycles. The maximum Gasteiger partial charge on any atom is 0.295 e. The molecule has 0 aliphatic carbocycles. The van der Waals surface area contributed by atoms with E-state index in [1.54, 1.807) is 7.11 Å². The number of methoxy groups -OCH3 is 2. The summed E-state index contributed by atoms with van der Waals surface area (Å²) in [4.78, 5) is 10.8. The van der Waals surface area contributed by atoms with Crippen LogP contribution in [0.25, 0.3) is 0 Å². The van der Waals surface area contributed by atoms with Gasteiger partial charge in [0.25, 0.3) is 5.69 Å². The van der Waals surface area contributed by atoms with Gasteiger partial charge in [0.05, 0.1) is 25.2 Å². The third kappa shape index (κ3) is 4.01. The molecule has 8 heteroatoms. The highest BCUT2D eigenvalue weighted by Crippen LogP contribution is 2.38. The summed E-state index contributed by atoms with van der Waals surface area (Å²) in [6, 6.07) is 10.0. The quantitative estimate of drug-likeness (QED) is 0.570. The van der Waals surface area contributed by atoms with Gasteiger partial charge in [-0.05, 0) is 30.5 Å². The molecule has 0 aromatic heterocycles. The van der Waals surface area contributed by atoms with E-state index in [1.807, 2.05) is 24.3 Å². The smallest absolute Gasteiger partial charge is 0.295 e. The van der Waals surface area contributed by atoms with Crippen LogP contribution in [0.1, 0.15) is 18.4 Å². The van der Waals surface area contributed by atoms with Crippen LogP contribution in [0.5, 0.6) is 11.5 Å². The van der Waals surface area contributed by atoms with E-state index in [0.29, 0.717) is 19.8 Å². The van der Waals surface area contributed by atoms with E-state index in [9.17, 15) is 14.5 Å². The van der Waals surface area contributed by atoms with Crippen molar-refractivity contribution in [3.63, 3.8) is 0 Å². The summed E-state index contributed by atoms with van der Waals surface area (Å²) >= 11 is 0. The fourth-order valence-electron chi connectivity index (χ4n) is 3.53. The van der Waals surface area contributed by atoms with Gasteiger partial charge >= 0.3 is 0 Å². The van der Waals surface area contributed by atoms with Crippen LogP contribution in [-0.2, 0) is 10.2 Å². The van der Waals surface area contributed by atoms with Crippen molar-refractivity contribution < 1.29 is 23.5 Å². The molecule has 7 nitrogen and oxygen atoms in total. The number of rotatable bonds is 7. The molecule has 1 N–H and O–H groups in total. The second-order valence-corrected chi connectivity index (χ2v) is 6.74. The highest BCUT2D eigenvalue weighted by Gasteiger charge is 2.35. The maximum atomic E-state index is 13.9. The predicted octanol–water partition coefficient (Wildman–Crippen LogP) is 3.91. The standard InChI is InChI=1S/C20H23FN2O5/c1-26-15-5-3-14(4-6-15)20(7-9-28-10-8-20)13-22-17-12-19(27-2)16(21)11-18(17)23(24)25/h3-6,11-12,22H,7-10,13H2,1-2H3. The Hall–Kier alpha value is -2.87. The highest BCUT2D eigenvalue weighted by molar-refractivity contribution is 5.65. The zero-order valence-electron chi connectivity index (χ0n) is 15.9. The predicted molar refractivity (Wildman–Crippen MR) is 103 cm³/mol. The second kappa shape index (κ2) is 8.43. The Morgan fingerprint density at radius 2 is 1.86 bits per heavy atom. The largest absolute Gasteiger partial charge is 0.497 e. The van der Waals surface area contributed by atoms with Gasteiger partial charge in [-0.25, -0.2) is 4.39 Å². The van der Waals surface area contributed by atoms with Crippen LogP contribution in [-0.4, -0.2) is 38.9 Å². The monoisotopic (exact) mass is 390 g/mol. The Labute approximate surface area is 162 Å². The first-order valence-electron chi connectivity index (χ1n) is 8.97. The zero-order chi connectivity index (χ0) is 20.1. The zero-order valence-corrected chi connectivity index (χ0v) is 15.9. The topological polar surface area (TPSA) is 82.9 Å². The second-order valence-electron chi connectivity index (χ2n) is 6.74. The molecule has 0 radical (unpaired) electrons. The Kier molecular flexibility index (Phi) is 5.99. The molecule has 1 aliphatic rings. The summed E-state index contributed by atoms with van der Waals surface area (Å²) in [5.41, 5.74) is 0.735. The number of ether oxygens (including phenoxy) is 3. The molecule has 1 saturated heterocycles. The van der Waals surface area contributed by atoms with Gasteiger partial charge in [-0.1, -0.05) is 12.1 Å². The van der Waals surface area contributed by atoms with Crippen LogP contribution < -0.4 is 14.8 Å². The molecular formula is C20H23FN2O5. The normalized spacial score (nSPS) is 15.7. The number of anilines is 1. The summed E-state index contributed by atoms with van der Waals surface area (Å²) in [6.07, 6.45) is 1.52. The molecule has 3 rings (SSSR count). The molecule has 0 saturated carbocycles. The lowest BCUT2D eigenvalue weighted by atomic mass is 9.74. The molecule has 28 heavy (non-hydrogen) atoms. The molecule has 0 atom stereocenters. The molecule has 150 valence electrons. The van der Waals surface area contributed by atoms with E-state index in [0.717, 1.165) is 30.2 Å². The number of nitrogens with one attached hydrogen (secondary N) is 1. The minimum Gasteiger partial charge on any atom is -0.497 e. The summed E-state index contributed by atoms with van der Waals surface area (Å²) in [7, 11) is 2.94. The van der Waals surface area contributed by atoms with Gasteiger partial charge in [0.15, 0.2) is 11.6 Å². The molecule has 0 bridgehead atoms. The molecule has 1 heterocycles. The number of hydrogen-bond donors (Lipinski definition) is 1. The van der Waals surface area contributed by atoms with E-state index >= 15 is 0 Å². The Balaban J connectivity index is 1.91. The van der Waals surface area contributed by atoms with Crippen molar-refractivity contribution in [2.75, 3.05) is 39.3 Å². The minimum absolute atomic E-state index is 0.0430. The van der Waals surface area contributed by atoms with Crippen molar-refractivity contribution in [3.8, 4) is 11.5 Å². The summed E-state index contributed by atoms with van der Waals surface area (Å²) in [6.45, 7) is 1.64. The van der Waals surface area contributed by atoms with E-state index in [4.69, 9.17) is 14.2 Å². The summed E-state index contributed by atoms with van der Waals surface area (Å²) in [5.74, 6) is -0.0490. The van der Waals surface area contributed by atoms with Crippen LogP contribution in [0.4, 0.5) is 15.8 Å². The number of nitrogens with zero attached hydrogens (tertiary/aromatic N) is 1. The van der Waals surface area contributed by atoms with Gasteiger partial charge < -0.3 is 19.5 Å². The number of hydrogen-bond acceptors (Lipinski definition) is 6. The fourth-order valence-corrected chi connectivity index (χ4v) is 3.53. The first-order valence-corrected chi connectivity index (χ1v) is 8.97. The van der Waals surface area contributed by atoms with Crippen molar-refractivity contribution in [1.82, 2.24) is 0 Å². The van der Waals surface area contributed by atoms with Crippen LogP contribution in [0, 0.1) is 15.9 Å². The summed E-state index contributed by atoms with van der Waals surface area (Å²) < 4.78 is 29.6. The van der Waals surface area contributed by atoms with Gasteiger partial charge in [-0.15, -0.1) is 0 Å². The summed E-state index contributed by atoms with van der Waals surface area (Å²) in [5, 5.41) is 14.5. The molecular weight excluding hydrogens is 367 g/mol. The number of nitro benzene ring substituents is 1. The molecule has 0 spiro atoms. The molecule has 0 amide bonds. The van der Waals surface area contributed by atoms with Gasteiger partial charge in [-0.3, -0.25) is 10.1 Å². The minimum atomic E-state index is -0.768. The lowest BCUT2D eigenvalue weighted by Gasteiger charge is -2.38. The Bertz CT molecular complexity index is 835. The van der Waals surface area contributed by atoms with Gasteiger partial charge in [0.1, 0.15) is 11.4 Å². The fraction of sp³-hybridized carbons (Fsp3) is 0.400. The van der Waals surface area contributed by atoms with Crippen molar-refractivity contribution in [2.24, 2.45) is 0 Å². The lowest BCUT2D eigenvalue weighted by Crippen LogP contribution is -2.40. The molecule has 1 aliphatic heterocycles. The molecule has 2 aromatic rings. The van der Waals surface area contributed by atoms with Crippen LogP contribution >= 0.6 is 0 Å². The van der Waals surface area contributed by atoms with Crippen molar-refractivity contribution in [3.05, 3.63) is 57.9 Å². The Morgan fingerprint density at radius 1 is 1.18 bits per heavy atom. The third-order valence-corrected chi connectivity index (χ3v) is 5.24. The van der Waals surface area contributed by atoms with E-state index in [-0.39, 0.29) is 22.5 Å². The van der Waals surface area contributed by atoms with Crippen molar-refractivity contribution in [1.29, 1.82) is 0 Å². The average molecular weight is 390 g/mol. The third-order valence-electron chi connectivity index (χ3n) is 5.24. The highest BCUT2D eigenvalue weighted by atomic mass is 19.1. The first kappa shape index (κ1) is 19.9. The van der Waals surface area contributed by atoms with Gasteiger partial charge in [0, 0.05) is 31.2 Å². The van der Waals surface area contributed by atoms with E-state index < -0.39 is 10.7 Å². The lowest BCUT2D eigenvalue weighted by molar-refractivity contribution is -0.384. The van der Waals surface area contributed by atoms with Crippen molar-refractivity contribution >= 4 is 11.4 Å². The van der Waals surface area contributed by atoms with Gasteiger partial charge in [-0.2, -0.15) is 0 Å². The number of halogens is 1. The first-order chi connectivity index (χ1) is 13.5. The van der Waals surface area contributed by atoms with Crippen LogP contribution in [0.2, 0.25) is 0 Å². The van der Waals surface area contributed by atoms with Crippen LogP contribution in [0.15, 0.2) is 36.4 Å². The maximum absolute atomic E-state index is 13.9. The Morgan fingerprint density at radius 3 is 2.43 bits per heavy atom. The number of benzene rings is 2. The van der Waals surface area contributed by atoms with E-state index in [1.165, 1.54) is 13.2 Å².